The van der Waals surface area contributed by atoms with Crippen LogP contribution in [0.5, 0.6) is 0 Å². The third kappa shape index (κ3) is 5.27. The van der Waals surface area contributed by atoms with Gasteiger partial charge >= 0.3 is 0 Å². The SMILES string of the molecule is CNc1ccc(C(=O)NCCCS(N)(=O)=O)c(C)c1. The predicted octanol–water partition coefficient (Wildman–Crippen LogP) is 0.445. The highest BCUT2D eigenvalue weighted by Gasteiger charge is 2.09. The molecule has 0 aliphatic rings. The fourth-order valence-electron chi connectivity index (χ4n) is 1.64. The first kappa shape index (κ1) is 15.5. The highest BCUT2D eigenvalue weighted by atomic mass is 32.2. The number of aryl methyl sites for hydroxylation is 1. The maximum absolute atomic E-state index is 11.9. The summed E-state index contributed by atoms with van der Waals surface area (Å²) in [6.45, 7) is 2.13. The molecule has 0 aliphatic heterocycles. The van der Waals surface area contributed by atoms with Crippen LogP contribution in [-0.4, -0.2) is 33.7 Å². The van der Waals surface area contributed by atoms with Gasteiger partial charge in [0, 0.05) is 24.8 Å². The van der Waals surface area contributed by atoms with E-state index in [-0.39, 0.29) is 18.2 Å². The van der Waals surface area contributed by atoms with Crippen LogP contribution in [0.25, 0.3) is 0 Å². The second kappa shape index (κ2) is 6.53. The number of hydrogen-bond acceptors (Lipinski definition) is 4. The Bertz CT molecular complexity index is 555. The van der Waals surface area contributed by atoms with Crippen LogP contribution in [0, 0.1) is 6.92 Å². The van der Waals surface area contributed by atoms with Gasteiger partial charge in [0.2, 0.25) is 10.0 Å². The summed E-state index contributed by atoms with van der Waals surface area (Å²) < 4.78 is 21.5. The van der Waals surface area contributed by atoms with Crippen molar-refractivity contribution in [2.24, 2.45) is 5.14 Å². The number of carbonyl (C=O) groups is 1. The number of nitrogens with two attached hydrogens (primary N) is 1. The Kier molecular flexibility index (Phi) is 5.31. The van der Waals surface area contributed by atoms with Crippen LogP contribution < -0.4 is 15.8 Å². The molecule has 0 heterocycles. The van der Waals surface area contributed by atoms with Crippen LogP contribution >= 0.6 is 0 Å². The van der Waals surface area contributed by atoms with Crippen molar-refractivity contribution in [3.63, 3.8) is 0 Å². The zero-order chi connectivity index (χ0) is 14.5. The fourth-order valence-corrected chi connectivity index (χ4v) is 2.19. The Hall–Kier alpha value is -1.60. The smallest absolute Gasteiger partial charge is 0.251 e. The van der Waals surface area contributed by atoms with Crippen molar-refractivity contribution in [1.29, 1.82) is 0 Å². The Labute approximate surface area is 113 Å². The topological polar surface area (TPSA) is 101 Å². The lowest BCUT2D eigenvalue weighted by Crippen LogP contribution is -2.27. The molecule has 0 spiro atoms. The van der Waals surface area contributed by atoms with Crippen LogP contribution in [0.2, 0.25) is 0 Å². The third-order valence-corrected chi connectivity index (χ3v) is 3.51. The molecular formula is C12H19N3O3S. The Morgan fingerprint density at radius 3 is 2.58 bits per heavy atom. The molecular weight excluding hydrogens is 266 g/mol. The Morgan fingerprint density at radius 2 is 2.05 bits per heavy atom. The average molecular weight is 285 g/mol. The molecule has 0 fully saturated rings. The van der Waals surface area contributed by atoms with Crippen molar-refractivity contribution >= 4 is 21.6 Å². The lowest BCUT2D eigenvalue weighted by molar-refractivity contribution is 0.0953. The minimum absolute atomic E-state index is 0.134. The van der Waals surface area contributed by atoms with E-state index >= 15 is 0 Å². The molecule has 0 radical (unpaired) electrons. The number of anilines is 1. The molecule has 7 heteroatoms. The van der Waals surface area contributed by atoms with Gasteiger partial charge in [-0.25, -0.2) is 13.6 Å². The van der Waals surface area contributed by atoms with E-state index in [1.807, 2.05) is 26.1 Å². The van der Waals surface area contributed by atoms with Gasteiger partial charge in [0.15, 0.2) is 0 Å². The van der Waals surface area contributed by atoms with Crippen LogP contribution in [0.1, 0.15) is 22.3 Å². The lowest BCUT2D eigenvalue weighted by atomic mass is 10.1. The van der Waals surface area contributed by atoms with E-state index in [1.165, 1.54) is 0 Å². The van der Waals surface area contributed by atoms with E-state index < -0.39 is 10.0 Å². The number of amides is 1. The number of sulfonamides is 1. The van der Waals surface area contributed by atoms with Crippen molar-refractivity contribution in [3.8, 4) is 0 Å². The fraction of sp³-hybridized carbons (Fsp3) is 0.417. The summed E-state index contributed by atoms with van der Waals surface area (Å²) >= 11 is 0. The summed E-state index contributed by atoms with van der Waals surface area (Å²) in [7, 11) is -1.66. The molecule has 4 N–H and O–H groups in total. The molecule has 0 bridgehead atoms. The van der Waals surface area contributed by atoms with Gasteiger partial charge in [-0.1, -0.05) is 0 Å². The van der Waals surface area contributed by atoms with E-state index in [0.29, 0.717) is 12.0 Å². The van der Waals surface area contributed by atoms with Gasteiger partial charge in [0.05, 0.1) is 5.75 Å². The number of benzene rings is 1. The number of hydrogen-bond donors (Lipinski definition) is 3. The first-order valence-corrected chi connectivity index (χ1v) is 7.62. The second-order valence-corrected chi connectivity index (χ2v) is 5.99. The summed E-state index contributed by atoms with van der Waals surface area (Å²) in [6.07, 6.45) is 0.304. The molecule has 0 atom stereocenters. The first-order valence-electron chi connectivity index (χ1n) is 5.90. The lowest BCUT2D eigenvalue weighted by Gasteiger charge is -2.09. The van der Waals surface area contributed by atoms with Crippen molar-refractivity contribution in [3.05, 3.63) is 29.3 Å². The van der Waals surface area contributed by atoms with Gasteiger partial charge in [-0.2, -0.15) is 0 Å². The summed E-state index contributed by atoms with van der Waals surface area (Å²) in [5, 5.41) is 10.5. The molecule has 106 valence electrons. The first-order chi connectivity index (χ1) is 8.83. The van der Waals surface area contributed by atoms with Gasteiger partial charge in [0.25, 0.3) is 5.91 Å². The minimum atomic E-state index is -3.46. The summed E-state index contributed by atoms with van der Waals surface area (Å²) in [6, 6.07) is 5.42. The van der Waals surface area contributed by atoms with Gasteiger partial charge in [0.1, 0.15) is 0 Å². The van der Waals surface area contributed by atoms with Crippen molar-refractivity contribution < 1.29 is 13.2 Å². The zero-order valence-corrected chi connectivity index (χ0v) is 11.9. The van der Waals surface area contributed by atoms with Crippen LogP contribution in [-0.2, 0) is 10.0 Å². The zero-order valence-electron chi connectivity index (χ0n) is 11.1. The van der Waals surface area contributed by atoms with Gasteiger partial charge < -0.3 is 10.6 Å². The molecule has 19 heavy (non-hydrogen) atoms. The summed E-state index contributed by atoms with van der Waals surface area (Å²) in [5.74, 6) is -0.347. The van der Waals surface area contributed by atoms with Gasteiger partial charge in [-0.3, -0.25) is 4.79 Å². The molecule has 0 aliphatic carbocycles. The highest BCUT2D eigenvalue weighted by molar-refractivity contribution is 7.89. The van der Waals surface area contributed by atoms with E-state index in [0.717, 1.165) is 11.3 Å². The normalized spacial score (nSPS) is 11.1. The van der Waals surface area contributed by atoms with Crippen LogP contribution in [0.3, 0.4) is 0 Å². The van der Waals surface area contributed by atoms with Crippen LogP contribution in [0.4, 0.5) is 5.69 Å². The maximum Gasteiger partial charge on any atom is 0.251 e. The Morgan fingerprint density at radius 1 is 1.37 bits per heavy atom. The molecule has 0 saturated carbocycles. The second-order valence-electron chi connectivity index (χ2n) is 4.26. The number of rotatable bonds is 6. The number of carbonyl (C=O) groups excluding carboxylic acids is 1. The van der Waals surface area contributed by atoms with E-state index in [9.17, 15) is 13.2 Å². The van der Waals surface area contributed by atoms with Crippen LogP contribution in [0.15, 0.2) is 18.2 Å². The molecule has 0 unspecified atom stereocenters. The molecule has 0 saturated heterocycles. The predicted molar refractivity (Wildman–Crippen MR) is 75.7 cm³/mol. The third-order valence-electron chi connectivity index (χ3n) is 2.65. The van der Waals surface area contributed by atoms with Crippen molar-refractivity contribution in [2.75, 3.05) is 24.7 Å². The van der Waals surface area contributed by atoms with Crippen molar-refractivity contribution in [2.45, 2.75) is 13.3 Å². The average Bonchev–Trinajstić information content (AvgIpc) is 2.33. The molecule has 6 nitrogen and oxygen atoms in total. The highest BCUT2D eigenvalue weighted by Crippen LogP contribution is 2.14. The number of primary sulfonamides is 1. The monoisotopic (exact) mass is 285 g/mol. The summed E-state index contributed by atoms with van der Waals surface area (Å²) in [4.78, 5) is 11.9. The molecule has 1 aromatic carbocycles. The molecule has 1 aromatic rings. The maximum atomic E-state index is 11.9. The molecule has 0 aromatic heterocycles. The Balaban J connectivity index is 2.54. The van der Waals surface area contributed by atoms with Crippen molar-refractivity contribution in [1.82, 2.24) is 5.32 Å². The standard InChI is InChI=1S/C12H19N3O3S/c1-9-8-10(14-2)4-5-11(9)12(16)15-6-3-7-19(13,17)18/h4-5,8,14H,3,6-7H2,1-2H3,(H,15,16)(H2,13,17,18). The van der Waals surface area contributed by atoms with E-state index in [2.05, 4.69) is 10.6 Å². The van der Waals surface area contributed by atoms with Gasteiger partial charge in [-0.05, 0) is 37.1 Å². The quantitative estimate of drug-likeness (QED) is 0.660. The summed E-state index contributed by atoms with van der Waals surface area (Å²) in [5.41, 5.74) is 2.37. The van der Waals surface area contributed by atoms with E-state index in [1.54, 1.807) is 6.07 Å². The molecule has 1 rings (SSSR count). The largest absolute Gasteiger partial charge is 0.388 e. The van der Waals surface area contributed by atoms with E-state index in [4.69, 9.17) is 5.14 Å². The molecule has 1 amide bonds. The number of nitrogens with one attached hydrogen (secondary N) is 2. The minimum Gasteiger partial charge on any atom is -0.388 e. The van der Waals surface area contributed by atoms with Gasteiger partial charge in [-0.15, -0.1) is 0 Å².